The second-order valence-electron chi connectivity index (χ2n) is 4.53. The Morgan fingerprint density at radius 3 is 2.67 bits per heavy atom. The highest BCUT2D eigenvalue weighted by atomic mass is 35.5. The van der Waals surface area contributed by atoms with Crippen LogP contribution in [0.2, 0.25) is 10.0 Å². The summed E-state index contributed by atoms with van der Waals surface area (Å²) in [6.45, 7) is -0.319. The predicted molar refractivity (Wildman–Crippen MR) is 90.2 cm³/mol. The molecule has 0 heterocycles. The zero-order valence-corrected chi connectivity index (χ0v) is 13.9. The maximum atomic E-state index is 12.0. The fraction of sp³-hybridized carbons (Fsp3) is 0.133. The molecule has 2 aromatic carbocycles. The van der Waals surface area contributed by atoms with E-state index >= 15 is 0 Å². The van der Waals surface area contributed by atoms with E-state index in [-0.39, 0.29) is 34.5 Å². The average molecular weight is 371 g/mol. The lowest BCUT2D eigenvalue weighted by Gasteiger charge is -2.11. The highest BCUT2D eigenvalue weighted by molar-refractivity contribution is 6.42. The number of amides is 1. The number of halogens is 2. The number of nitro groups is 1. The highest BCUT2D eigenvalue weighted by Gasteiger charge is 2.14. The van der Waals surface area contributed by atoms with Crippen LogP contribution in [0.1, 0.15) is 0 Å². The highest BCUT2D eigenvalue weighted by Crippen LogP contribution is 2.32. The number of non-ortho nitro benzene ring substituents is 1. The molecule has 1 N–H and O–H groups in total. The van der Waals surface area contributed by atoms with Crippen molar-refractivity contribution < 1.29 is 19.2 Å². The van der Waals surface area contributed by atoms with Crippen LogP contribution in [0.4, 0.5) is 11.4 Å². The zero-order valence-electron chi connectivity index (χ0n) is 12.4. The van der Waals surface area contributed by atoms with Gasteiger partial charge in [0.05, 0.1) is 28.8 Å². The number of methoxy groups -OCH3 is 1. The maximum absolute atomic E-state index is 12.0. The zero-order chi connectivity index (χ0) is 17.7. The van der Waals surface area contributed by atoms with Gasteiger partial charge in [0.1, 0.15) is 16.5 Å². The van der Waals surface area contributed by atoms with Crippen LogP contribution in [0.15, 0.2) is 36.4 Å². The van der Waals surface area contributed by atoms with Crippen molar-refractivity contribution in [3.05, 3.63) is 56.6 Å². The summed E-state index contributed by atoms with van der Waals surface area (Å²) >= 11 is 11.8. The molecule has 9 heteroatoms. The van der Waals surface area contributed by atoms with Gasteiger partial charge in [-0.25, -0.2) is 0 Å². The van der Waals surface area contributed by atoms with E-state index in [9.17, 15) is 14.9 Å². The van der Waals surface area contributed by atoms with Crippen molar-refractivity contribution in [1.29, 1.82) is 0 Å². The lowest BCUT2D eigenvalue weighted by Crippen LogP contribution is -2.20. The van der Waals surface area contributed by atoms with Gasteiger partial charge in [-0.3, -0.25) is 14.9 Å². The molecule has 2 rings (SSSR count). The first kappa shape index (κ1) is 17.8. The number of carbonyl (C=O) groups excluding carboxylic acids is 1. The summed E-state index contributed by atoms with van der Waals surface area (Å²) in [6, 6.07) is 8.66. The minimum Gasteiger partial charge on any atom is -0.494 e. The van der Waals surface area contributed by atoms with Crippen molar-refractivity contribution >= 4 is 40.5 Å². The Labute approximate surface area is 147 Å². The van der Waals surface area contributed by atoms with Crippen LogP contribution in [0.5, 0.6) is 11.5 Å². The van der Waals surface area contributed by atoms with Crippen molar-refractivity contribution in [3.63, 3.8) is 0 Å². The quantitative estimate of drug-likeness (QED) is 0.614. The van der Waals surface area contributed by atoms with Crippen LogP contribution in [-0.2, 0) is 4.79 Å². The Hall–Kier alpha value is -2.51. The number of nitro benzene ring substituents is 1. The van der Waals surface area contributed by atoms with Crippen LogP contribution in [0, 0.1) is 10.1 Å². The maximum Gasteiger partial charge on any atom is 0.273 e. The summed E-state index contributed by atoms with van der Waals surface area (Å²) in [5.74, 6) is -0.0495. The second-order valence-corrected chi connectivity index (χ2v) is 5.32. The van der Waals surface area contributed by atoms with Crippen LogP contribution in [0.3, 0.4) is 0 Å². The van der Waals surface area contributed by atoms with E-state index in [0.29, 0.717) is 5.02 Å². The molecule has 0 aliphatic carbocycles. The van der Waals surface area contributed by atoms with Crippen molar-refractivity contribution in [2.45, 2.75) is 0 Å². The second kappa shape index (κ2) is 7.85. The summed E-state index contributed by atoms with van der Waals surface area (Å²) in [7, 11) is 1.34. The third kappa shape index (κ3) is 4.27. The number of ether oxygens (including phenoxy) is 2. The molecule has 126 valence electrons. The topological polar surface area (TPSA) is 90.7 Å². The number of nitrogens with one attached hydrogen (secondary N) is 1. The Morgan fingerprint density at radius 2 is 2.00 bits per heavy atom. The number of carbonyl (C=O) groups is 1. The van der Waals surface area contributed by atoms with Gasteiger partial charge in [0.15, 0.2) is 6.61 Å². The minimum absolute atomic E-state index is 0.146. The van der Waals surface area contributed by atoms with Crippen molar-refractivity contribution in [2.75, 3.05) is 19.0 Å². The molecule has 1 amide bonds. The van der Waals surface area contributed by atoms with E-state index in [1.54, 1.807) is 18.2 Å². The SMILES string of the molecule is COc1cc([N+](=O)[O-])ccc1NC(=O)COc1cccc(Cl)c1Cl. The Kier molecular flexibility index (Phi) is 5.83. The van der Waals surface area contributed by atoms with Gasteiger partial charge >= 0.3 is 0 Å². The lowest BCUT2D eigenvalue weighted by molar-refractivity contribution is -0.384. The molecule has 0 aliphatic heterocycles. The van der Waals surface area contributed by atoms with Crippen LogP contribution in [0.25, 0.3) is 0 Å². The molecule has 0 fully saturated rings. The Morgan fingerprint density at radius 1 is 1.25 bits per heavy atom. The smallest absolute Gasteiger partial charge is 0.273 e. The molecule has 24 heavy (non-hydrogen) atoms. The summed E-state index contributed by atoms with van der Waals surface area (Å²) < 4.78 is 10.3. The molecule has 0 aliphatic rings. The molecule has 0 aromatic heterocycles. The minimum atomic E-state index is -0.557. The van der Waals surface area contributed by atoms with Crippen LogP contribution >= 0.6 is 23.2 Å². The molecule has 0 saturated heterocycles. The van der Waals surface area contributed by atoms with E-state index in [4.69, 9.17) is 32.7 Å². The molecule has 0 bridgehead atoms. The lowest BCUT2D eigenvalue weighted by atomic mass is 10.2. The van der Waals surface area contributed by atoms with Gasteiger partial charge in [0.25, 0.3) is 11.6 Å². The van der Waals surface area contributed by atoms with E-state index in [2.05, 4.69) is 5.32 Å². The molecule has 0 spiro atoms. The fourth-order valence-corrected chi connectivity index (χ4v) is 2.17. The number of anilines is 1. The molecular formula is C15H12Cl2N2O5. The third-order valence-corrected chi connectivity index (χ3v) is 3.75. The first-order chi connectivity index (χ1) is 11.4. The third-order valence-electron chi connectivity index (χ3n) is 2.94. The molecule has 7 nitrogen and oxygen atoms in total. The van der Waals surface area contributed by atoms with Gasteiger partial charge in [0, 0.05) is 6.07 Å². The van der Waals surface area contributed by atoms with E-state index in [1.165, 1.54) is 25.3 Å². The molecule has 2 aromatic rings. The van der Waals surface area contributed by atoms with Gasteiger partial charge in [-0.1, -0.05) is 29.3 Å². The molecule has 0 unspecified atom stereocenters. The monoisotopic (exact) mass is 370 g/mol. The van der Waals surface area contributed by atoms with Gasteiger partial charge in [-0.15, -0.1) is 0 Å². The number of nitrogens with zero attached hydrogens (tertiary/aromatic N) is 1. The van der Waals surface area contributed by atoms with Gasteiger partial charge in [0.2, 0.25) is 0 Å². The molecule has 0 atom stereocenters. The number of hydrogen-bond donors (Lipinski definition) is 1. The first-order valence-electron chi connectivity index (χ1n) is 6.61. The van der Waals surface area contributed by atoms with Crippen molar-refractivity contribution in [2.24, 2.45) is 0 Å². The first-order valence-corrected chi connectivity index (χ1v) is 7.37. The summed E-state index contributed by atoms with van der Waals surface area (Å²) in [6.07, 6.45) is 0. The van der Waals surface area contributed by atoms with Crippen molar-refractivity contribution in [1.82, 2.24) is 0 Å². The normalized spacial score (nSPS) is 10.1. The van der Waals surface area contributed by atoms with Crippen LogP contribution < -0.4 is 14.8 Å². The van der Waals surface area contributed by atoms with E-state index in [1.807, 2.05) is 0 Å². The molecule has 0 radical (unpaired) electrons. The number of rotatable bonds is 6. The fourth-order valence-electron chi connectivity index (χ4n) is 1.82. The van der Waals surface area contributed by atoms with Gasteiger partial charge < -0.3 is 14.8 Å². The molecule has 0 saturated carbocycles. The summed E-state index contributed by atoms with van der Waals surface area (Å²) in [5.41, 5.74) is 0.140. The Bertz CT molecular complexity index is 782. The number of benzene rings is 2. The number of hydrogen-bond acceptors (Lipinski definition) is 5. The Balaban J connectivity index is 2.04. The standard InChI is InChI=1S/C15H12Cl2N2O5/c1-23-13-7-9(19(21)22)5-6-11(13)18-14(20)8-24-12-4-2-3-10(16)15(12)17/h2-7H,8H2,1H3,(H,18,20). The van der Waals surface area contributed by atoms with Gasteiger partial charge in [-0.05, 0) is 18.2 Å². The van der Waals surface area contributed by atoms with Gasteiger partial charge in [-0.2, -0.15) is 0 Å². The van der Waals surface area contributed by atoms with E-state index < -0.39 is 10.8 Å². The largest absolute Gasteiger partial charge is 0.494 e. The van der Waals surface area contributed by atoms with E-state index in [0.717, 1.165) is 0 Å². The van der Waals surface area contributed by atoms with Crippen molar-refractivity contribution in [3.8, 4) is 11.5 Å². The molecular weight excluding hydrogens is 359 g/mol. The summed E-state index contributed by atoms with van der Waals surface area (Å²) in [4.78, 5) is 22.2. The predicted octanol–water partition coefficient (Wildman–Crippen LogP) is 3.93. The average Bonchev–Trinajstić information content (AvgIpc) is 2.56. The summed E-state index contributed by atoms with van der Waals surface area (Å²) in [5, 5.41) is 13.8. The van der Waals surface area contributed by atoms with Crippen LogP contribution in [-0.4, -0.2) is 24.5 Å².